The third kappa shape index (κ3) is 4.82. The maximum Gasteiger partial charge on any atom is 0.360 e. The highest BCUT2D eigenvalue weighted by molar-refractivity contribution is 7.75. The maximum absolute atomic E-state index is 11.8. The maximum atomic E-state index is 11.8. The average molecular weight is 345 g/mol. The fourth-order valence-electron chi connectivity index (χ4n) is 2.77. The molecule has 0 spiro atoms. The topological polar surface area (TPSA) is 38.8 Å². The molecule has 1 atom stereocenters. The Kier molecular flexibility index (Phi) is 5.88. The third-order valence-corrected chi connectivity index (χ3v) is 4.80. The van der Waals surface area contributed by atoms with Gasteiger partial charge in [0, 0.05) is 18.8 Å². The van der Waals surface area contributed by atoms with Crippen molar-refractivity contribution in [1.29, 1.82) is 0 Å². The van der Waals surface area contributed by atoms with E-state index in [0.29, 0.717) is 5.75 Å². The molecule has 0 bridgehead atoms. The summed E-state index contributed by atoms with van der Waals surface area (Å²) < 4.78 is 22.4. The van der Waals surface area contributed by atoms with Crippen LogP contribution in [0.15, 0.2) is 48.5 Å². The van der Waals surface area contributed by atoms with Crippen LogP contribution in [0.4, 0.5) is 5.69 Å². The van der Waals surface area contributed by atoms with Gasteiger partial charge >= 0.3 is 11.4 Å². The van der Waals surface area contributed by atoms with Gasteiger partial charge in [-0.1, -0.05) is 29.8 Å². The predicted molar refractivity (Wildman–Crippen MR) is 97.2 cm³/mol. The summed E-state index contributed by atoms with van der Waals surface area (Å²) in [6.45, 7) is 4.51. The summed E-state index contributed by atoms with van der Waals surface area (Å²) in [4.78, 5) is 2.41. The molecule has 0 aliphatic carbocycles. The number of hydrogen-bond donors (Lipinski definition) is 0. The van der Waals surface area contributed by atoms with Gasteiger partial charge in [-0.25, -0.2) is 0 Å². The van der Waals surface area contributed by atoms with E-state index in [1.165, 1.54) is 24.9 Å². The van der Waals surface area contributed by atoms with E-state index in [4.69, 9.17) is 8.37 Å². The van der Waals surface area contributed by atoms with Gasteiger partial charge in [0.2, 0.25) is 0 Å². The summed E-state index contributed by atoms with van der Waals surface area (Å²) in [5.74, 6) is 0.541. The minimum absolute atomic E-state index is 0.263. The molecule has 0 aromatic heterocycles. The van der Waals surface area contributed by atoms with Crippen molar-refractivity contribution in [3.05, 3.63) is 59.7 Å². The Hall–Kier alpha value is -1.85. The first-order chi connectivity index (χ1) is 11.7. The lowest BCUT2D eigenvalue weighted by molar-refractivity contribution is 0.301. The Morgan fingerprint density at radius 3 is 2.29 bits per heavy atom. The standard InChI is InChI=1S/C19H23NO3S/c1-16-5-11-19(12-6-16)23-24(21)22-15-17-7-9-18(10-8-17)20-13-3-2-4-14-20/h5-12H,2-4,13-15H2,1H3. The monoisotopic (exact) mass is 345 g/mol. The van der Waals surface area contributed by atoms with E-state index < -0.39 is 11.4 Å². The average Bonchev–Trinajstić information content (AvgIpc) is 2.63. The molecule has 2 aromatic rings. The molecule has 128 valence electrons. The lowest BCUT2D eigenvalue weighted by atomic mass is 10.1. The molecule has 1 saturated heterocycles. The molecule has 5 heteroatoms. The van der Waals surface area contributed by atoms with Crippen molar-refractivity contribution in [2.45, 2.75) is 32.8 Å². The first-order valence-corrected chi connectivity index (χ1v) is 9.35. The van der Waals surface area contributed by atoms with Gasteiger partial charge in [-0.3, -0.25) is 4.18 Å². The van der Waals surface area contributed by atoms with E-state index in [9.17, 15) is 4.21 Å². The zero-order valence-electron chi connectivity index (χ0n) is 13.9. The Labute approximate surface area is 146 Å². The van der Waals surface area contributed by atoms with Gasteiger partial charge in [0.25, 0.3) is 0 Å². The van der Waals surface area contributed by atoms with E-state index in [1.54, 1.807) is 12.1 Å². The summed E-state index contributed by atoms with van der Waals surface area (Å²) in [7, 11) is 0. The minimum atomic E-state index is -1.80. The molecule has 0 saturated carbocycles. The Balaban J connectivity index is 1.49. The lowest BCUT2D eigenvalue weighted by Gasteiger charge is -2.28. The highest BCUT2D eigenvalue weighted by atomic mass is 32.2. The molecule has 0 radical (unpaired) electrons. The molecule has 1 fully saturated rings. The molecule has 1 unspecified atom stereocenters. The number of anilines is 1. The zero-order chi connectivity index (χ0) is 16.8. The van der Waals surface area contributed by atoms with Crippen molar-refractivity contribution < 1.29 is 12.6 Å². The normalized spacial score (nSPS) is 16.0. The fourth-order valence-corrected chi connectivity index (χ4v) is 3.32. The van der Waals surface area contributed by atoms with Crippen LogP contribution in [0.1, 0.15) is 30.4 Å². The molecule has 2 aromatic carbocycles. The van der Waals surface area contributed by atoms with E-state index in [-0.39, 0.29) is 6.61 Å². The van der Waals surface area contributed by atoms with Crippen molar-refractivity contribution in [3.63, 3.8) is 0 Å². The number of hydrogen-bond acceptors (Lipinski definition) is 4. The van der Waals surface area contributed by atoms with Gasteiger partial charge in [0.15, 0.2) is 0 Å². The number of rotatable bonds is 6. The molecule has 1 aliphatic heterocycles. The molecule has 1 aliphatic rings. The van der Waals surface area contributed by atoms with Crippen molar-refractivity contribution in [1.82, 2.24) is 0 Å². The smallest absolute Gasteiger partial charge is 0.360 e. The number of nitrogens with zero attached hydrogens (tertiary/aromatic N) is 1. The second-order valence-electron chi connectivity index (χ2n) is 6.08. The van der Waals surface area contributed by atoms with Gasteiger partial charge < -0.3 is 9.08 Å². The van der Waals surface area contributed by atoms with Crippen LogP contribution >= 0.6 is 0 Å². The van der Waals surface area contributed by atoms with Crippen LogP contribution < -0.4 is 9.08 Å². The van der Waals surface area contributed by atoms with Crippen LogP contribution in [0, 0.1) is 6.92 Å². The van der Waals surface area contributed by atoms with E-state index >= 15 is 0 Å². The quantitative estimate of drug-likeness (QED) is 0.788. The fraction of sp³-hybridized carbons (Fsp3) is 0.368. The van der Waals surface area contributed by atoms with Crippen molar-refractivity contribution in [2.24, 2.45) is 0 Å². The largest absolute Gasteiger partial charge is 0.380 e. The van der Waals surface area contributed by atoms with Gasteiger partial charge in [0.1, 0.15) is 5.75 Å². The molecule has 1 heterocycles. The van der Waals surface area contributed by atoms with Crippen LogP contribution in [-0.2, 0) is 22.2 Å². The van der Waals surface area contributed by atoms with Crippen LogP contribution in [-0.4, -0.2) is 17.3 Å². The molecule has 24 heavy (non-hydrogen) atoms. The minimum Gasteiger partial charge on any atom is -0.380 e. The molecule has 4 nitrogen and oxygen atoms in total. The van der Waals surface area contributed by atoms with Crippen LogP contribution in [0.3, 0.4) is 0 Å². The van der Waals surface area contributed by atoms with E-state index in [1.807, 2.05) is 31.2 Å². The van der Waals surface area contributed by atoms with Crippen molar-refractivity contribution >= 4 is 17.0 Å². The van der Waals surface area contributed by atoms with Crippen LogP contribution in [0.2, 0.25) is 0 Å². The number of aryl methyl sites for hydroxylation is 1. The van der Waals surface area contributed by atoms with Crippen LogP contribution in [0.25, 0.3) is 0 Å². The second kappa shape index (κ2) is 8.31. The molecular formula is C19H23NO3S. The van der Waals surface area contributed by atoms with Crippen LogP contribution in [0.5, 0.6) is 5.75 Å². The predicted octanol–water partition coefficient (Wildman–Crippen LogP) is 4.16. The number of benzene rings is 2. The Morgan fingerprint density at radius 1 is 0.958 bits per heavy atom. The van der Waals surface area contributed by atoms with E-state index in [0.717, 1.165) is 24.2 Å². The summed E-state index contributed by atoms with van der Waals surface area (Å²) in [5.41, 5.74) is 3.36. The van der Waals surface area contributed by atoms with Gasteiger partial charge in [-0.15, -0.1) is 0 Å². The summed E-state index contributed by atoms with van der Waals surface area (Å²) in [6.07, 6.45) is 3.86. The SMILES string of the molecule is Cc1ccc(OS(=O)OCc2ccc(N3CCCCC3)cc2)cc1. The number of piperidine rings is 1. The Morgan fingerprint density at radius 2 is 1.62 bits per heavy atom. The van der Waals surface area contributed by atoms with Crippen molar-refractivity contribution in [3.8, 4) is 5.75 Å². The highest BCUT2D eigenvalue weighted by Crippen LogP contribution is 2.20. The molecule has 0 amide bonds. The lowest BCUT2D eigenvalue weighted by Crippen LogP contribution is -2.29. The molecule has 3 rings (SSSR count). The van der Waals surface area contributed by atoms with Gasteiger partial charge in [-0.2, -0.15) is 4.21 Å². The first-order valence-electron chi connectivity index (χ1n) is 8.35. The zero-order valence-corrected chi connectivity index (χ0v) is 14.8. The van der Waals surface area contributed by atoms with E-state index in [2.05, 4.69) is 17.0 Å². The van der Waals surface area contributed by atoms with Gasteiger partial charge in [0.05, 0.1) is 6.61 Å². The van der Waals surface area contributed by atoms with Gasteiger partial charge in [-0.05, 0) is 56.0 Å². The third-order valence-electron chi connectivity index (χ3n) is 4.16. The molecule has 0 N–H and O–H groups in total. The highest BCUT2D eigenvalue weighted by Gasteiger charge is 2.11. The summed E-state index contributed by atoms with van der Waals surface area (Å²) in [6, 6.07) is 15.6. The van der Waals surface area contributed by atoms with Crippen molar-refractivity contribution in [2.75, 3.05) is 18.0 Å². The Bertz CT molecular complexity index is 664. The first kappa shape index (κ1) is 17.0. The summed E-state index contributed by atoms with van der Waals surface area (Å²) in [5, 5.41) is 0. The summed E-state index contributed by atoms with van der Waals surface area (Å²) >= 11 is -1.80. The molecular weight excluding hydrogens is 322 g/mol. The second-order valence-corrected chi connectivity index (χ2v) is 6.89.